The van der Waals surface area contributed by atoms with Gasteiger partial charge in [0.1, 0.15) is 0 Å². The van der Waals surface area contributed by atoms with E-state index in [2.05, 4.69) is 19.2 Å². The average Bonchev–Trinajstić information content (AvgIpc) is 3.09. The molecule has 5 nitrogen and oxygen atoms in total. The highest BCUT2D eigenvalue weighted by Gasteiger charge is 2.30. The topological polar surface area (TPSA) is 50.8 Å². The van der Waals surface area contributed by atoms with Gasteiger partial charge >= 0.3 is 6.03 Å². The first-order valence-corrected chi connectivity index (χ1v) is 9.77. The maximum absolute atomic E-state index is 12.5. The molecular formula is C19H34N2O3. The van der Waals surface area contributed by atoms with Crippen molar-refractivity contribution in [3.8, 4) is 0 Å². The molecule has 0 aromatic carbocycles. The molecule has 2 amide bonds. The minimum absolute atomic E-state index is 0.127. The number of hydrogen-bond donors (Lipinski definition) is 1. The molecule has 1 saturated carbocycles. The molecule has 2 heterocycles. The van der Waals surface area contributed by atoms with Gasteiger partial charge in [-0.2, -0.15) is 0 Å². The largest absolute Gasteiger partial charge is 0.381 e. The average molecular weight is 338 g/mol. The summed E-state index contributed by atoms with van der Waals surface area (Å²) >= 11 is 0. The molecule has 24 heavy (non-hydrogen) atoms. The Labute approximate surface area is 146 Å². The number of likely N-dealkylation sites (tertiary alicyclic amines) is 1. The highest BCUT2D eigenvalue weighted by molar-refractivity contribution is 5.74. The van der Waals surface area contributed by atoms with Gasteiger partial charge in [-0.05, 0) is 50.4 Å². The smallest absolute Gasteiger partial charge is 0.317 e. The molecule has 3 aliphatic rings. The van der Waals surface area contributed by atoms with Crippen molar-refractivity contribution in [2.24, 2.45) is 11.3 Å². The lowest BCUT2D eigenvalue weighted by Gasteiger charge is -2.37. The Hall–Kier alpha value is -0.810. The SMILES string of the molecule is CC1(C)CCC(NC(=O)N2CCC(OC[C@H]3CCOC3)CC2)CC1. The van der Waals surface area contributed by atoms with Gasteiger partial charge in [-0.1, -0.05) is 13.8 Å². The molecule has 0 unspecified atom stereocenters. The molecular weight excluding hydrogens is 304 g/mol. The van der Waals surface area contributed by atoms with Crippen LogP contribution in [0.1, 0.15) is 58.8 Å². The Morgan fingerprint density at radius 1 is 1.17 bits per heavy atom. The Balaban J connectivity index is 1.33. The van der Waals surface area contributed by atoms with E-state index in [0.29, 0.717) is 23.5 Å². The number of rotatable bonds is 4. The lowest BCUT2D eigenvalue weighted by atomic mass is 9.75. The van der Waals surface area contributed by atoms with E-state index in [-0.39, 0.29) is 6.03 Å². The Morgan fingerprint density at radius 3 is 2.50 bits per heavy atom. The molecule has 0 aromatic rings. The third kappa shape index (κ3) is 5.09. The zero-order valence-corrected chi connectivity index (χ0v) is 15.4. The van der Waals surface area contributed by atoms with Gasteiger partial charge < -0.3 is 19.7 Å². The number of carbonyl (C=O) groups excluding carboxylic acids is 1. The van der Waals surface area contributed by atoms with Gasteiger partial charge in [-0.25, -0.2) is 4.79 Å². The molecule has 0 bridgehead atoms. The molecule has 0 aromatic heterocycles. The predicted octanol–water partition coefficient (Wildman–Crippen LogP) is 3.18. The van der Waals surface area contributed by atoms with Crippen LogP contribution in [-0.2, 0) is 9.47 Å². The van der Waals surface area contributed by atoms with Crippen molar-refractivity contribution in [2.45, 2.75) is 70.9 Å². The first kappa shape index (κ1) is 18.0. The zero-order valence-electron chi connectivity index (χ0n) is 15.4. The van der Waals surface area contributed by atoms with E-state index in [9.17, 15) is 4.79 Å². The molecule has 0 spiro atoms. The molecule has 3 rings (SSSR count). The van der Waals surface area contributed by atoms with Crippen molar-refractivity contribution < 1.29 is 14.3 Å². The predicted molar refractivity (Wildman–Crippen MR) is 94.0 cm³/mol. The van der Waals surface area contributed by atoms with Crippen molar-refractivity contribution in [2.75, 3.05) is 32.9 Å². The fourth-order valence-corrected chi connectivity index (χ4v) is 4.02. The summed E-state index contributed by atoms with van der Waals surface area (Å²) in [6.45, 7) is 8.83. The van der Waals surface area contributed by atoms with Crippen LogP contribution in [0.2, 0.25) is 0 Å². The Kier molecular flexibility index (Phi) is 6.03. The van der Waals surface area contributed by atoms with Crippen LogP contribution >= 0.6 is 0 Å². The van der Waals surface area contributed by atoms with Crippen LogP contribution in [0.3, 0.4) is 0 Å². The fraction of sp³-hybridized carbons (Fsp3) is 0.947. The summed E-state index contributed by atoms with van der Waals surface area (Å²) in [6.07, 6.45) is 7.99. The fourth-order valence-electron chi connectivity index (χ4n) is 4.02. The lowest BCUT2D eigenvalue weighted by Crippen LogP contribution is -2.50. The summed E-state index contributed by atoms with van der Waals surface area (Å²) in [5.74, 6) is 0.571. The molecule has 3 fully saturated rings. The van der Waals surface area contributed by atoms with Crippen LogP contribution in [0.15, 0.2) is 0 Å². The monoisotopic (exact) mass is 338 g/mol. The van der Waals surface area contributed by atoms with Crippen LogP contribution in [0.5, 0.6) is 0 Å². The summed E-state index contributed by atoms with van der Waals surface area (Å²) in [5, 5.41) is 3.25. The number of urea groups is 1. The molecule has 138 valence electrons. The summed E-state index contributed by atoms with van der Waals surface area (Å²) in [5.41, 5.74) is 0.446. The minimum Gasteiger partial charge on any atom is -0.381 e. The van der Waals surface area contributed by atoms with Gasteiger partial charge in [0.15, 0.2) is 0 Å². The van der Waals surface area contributed by atoms with E-state index in [1.807, 2.05) is 4.90 Å². The number of piperidine rings is 1. The maximum atomic E-state index is 12.5. The van der Waals surface area contributed by atoms with Gasteiger partial charge in [-0.3, -0.25) is 0 Å². The molecule has 1 aliphatic carbocycles. The number of nitrogens with zero attached hydrogens (tertiary/aromatic N) is 1. The Morgan fingerprint density at radius 2 is 1.88 bits per heavy atom. The number of amides is 2. The quantitative estimate of drug-likeness (QED) is 0.856. The standard InChI is InChI=1S/C19H34N2O3/c1-19(2)8-3-16(4-9-19)20-18(22)21-10-5-17(6-11-21)24-14-15-7-12-23-13-15/h15-17H,3-14H2,1-2H3,(H,20,22)/t15-/m0/s1. The summed E-state index contributed by atoms with van der Waals surface area (Å²) in [7, 11) is 0. The van der Waals surface area contributed by atoms with Crippen LogP contribution in [0.4, 0.5) is 4.79 Å². The van der Waals surface area contributed by atoms with Gasteiger partial charge in [0.25, 0.3) is 0 Å². The van der Waals surface area contributed by atoms with E-state index in [0.717, 1.165) is 65.0 Å². The molecule has 2 aliphatic heterocycles. The van der Waals surface area contributed by atoms with Gasteiger partial charge in [-0.15, -0.1) is 0 Å². The number of carbonyl (C=O) groups is 1. The highest BCUT2D eigenvalue weighted by Crippen LogP contribution is 2.35. The molecule has 2 saturated heterocycles. The van der Waals surface area contributed by atoms with E-state index in [1.165, 1.54) is 12.8 Å². The van der Waals surface area contributed by atoms with E-state index >= 15 is 0 Å². The normalized spacial score (nSPS) is 28.9. The maximum Gasteiger partial charge on any atom is 0.317 e. The van der Waals surface area contributed by atoms with Crippen molar-refractivity contribution in [1.82, 2.24) is 10.2 Å². The van der Waals surface area contributed by atoms with E-state index in [4.69, 9.17) is 9.47 Å². The second-order valence-electron chi connectivity index (χ2n) is 8.64. The number of ether oxygens (including phenoxy) is 2. The first-order chi connectivity index (χ1) is 11.5. The highest BCUT2D eigenvalue weighted by atomic mass is 16.5. The molecule has 1 atom stereocenters. The molecule has 1 N–H and O–H groups in total. The van der Waals surface area contributed by atoms with Crippen LogP contribution < -0.4 is 5.32 Å². The Bertz CT molecular complexity index is 403. The van der Waals surface area contributed by atoms with Crippen molar-refractivity contribution >= 4 is 6.03 Å². The van der Waals surface area contributed by atoms with Crippen LogP contribution in [0, 0.1) is 11.3 Å². The van der Waals surface area contributed by atoms with Crippen molar-refractivity contribution in [1.29, 1.82) is 0 Å². The summed E-state index contributed by atoms with van der Waals surface area (Å²) in [6, 6.07) is 0.490. The third-order valence-corrected chi connectivity index (χ3v) is 5.99. The van der Waals surface area contributed by atoms with Crippen LogP contribution in [-0.4, -0.2) is 56.0 Å². The van der Waals surface area contributed by atoms with Gasteiger partial charge in [0, 0.05) is 31.7 Å². The molecule has 0 radical (unpaired) electrons. The van der Waals surface area contributed by atoms with Gasteiger partial charge in [0.05, 0.1) is 19.3 Å². The summed E-state index contributed by atoms with van der Waals surface area (Å²) in [4.78, 5) is 14.4. The van der Waals surface area contributed by atoms with Gasteiger partial charge in [0.2, 0.25) is 0 Å². The second-order valence-corrected chi connectivity index (χ2v) is 8.64. The number of hydrogen-bond acceptors (Lipinski definition) is 3. The summed E-state index contributed by atoms with van der Waals surface area (Å²) < 4.78 is 11.4. The lowest BCUT2D eigenvalue weighted by molar-refractivity contribution is -0.00457. The van der Waals surface area contributed by atoms with E-state index < -0.39 is 0 Å². The van der Waals surface area contributed by atoms with Crippen molar-refractivity contribution in [3.05, 3.63) is 0 Å². The molecule has 5 heteroatoms. The zero-order chi connectivity index (χ0) is 17.0. The van der Waals surface area contributed by atoms with E-state index in [1.54, 1.807) is 0 Å². The van der Waals surface area contributed by atoms with Crippen LogP contribution in [0.25, 0.3) is 0 Å². The first-order valence-electron chi connectivity index (χ1n) is 9.77. The second kappa shape index (κ2) is 8.05. The third-order valence-electron chi connectivity index (χ3n) is 5.99. The number of nitrogens with one attached hydrogen (secondary N) is 1. The van der Waals surface area contributed by atoms with Crippen molar-refractivity contribution in [3.63, 3.8) is 0 Å². The minimum atomic E-state index is 0.127.